The summed E-state index contributed by atoms with van der Waals surface area (Å²) < 4.78 is 15.6. The van der Waals surface area contributed by atoms with Crippen molar-refractivity contribution in [1.82, 2.24) is 9.55 Å². The molecule has 4 N–H and O–H groups in total. The summed E-state index contributed by atoms with van der Waals surface area (Å²) in [7, 11) is 0. The van der Waals surface area contributed by atoms with Crippen molar-refractivity contribution < 1.29 is 29.4 Å². The topological polar surface area (TPSA) is 113 Å². The van der Waals surface area contributed by atoms with Crippen molar-refractivity contribution >= 4 is 17.0 Å². The van der Waals surface area contributed by atoms with Gasteiger partial charge in [-0.05, 0) is 29.8 Å². The van der Waals surface area contributed by atoms with Gasteiger partial charge in [0.2, 0.25) is 5.95 Å². The predicted molar refractivity (Wildman–Crippen MR) is 133 cm³/mol. The number of para-hydroxylation sites is 2. The van der Waals surface area contributed by atoms with E-state index in [9.17, 15) is 15.3 Å². The van der Waals surface area contributed by atoms with Gasteiger partial charge in [0.15, 0.2) is 25.2 Å². The highest BCUT2D eigenvalue weighted by molar-refractivity contribution is 5.78. The molecule has 9 heteroatoms. The van der Waals surface area contributed by atoms with Gasteiger partial charge in [0.1, 0.15) is 24.1 Å². The van der Waals surface area contributed by atoms with Crippen LogP contribution in [0.3, 0.4) is 0 Å². The lowest BCUT2D eigenvalue weighted by atomic mass is 10.1. The van der Waals surface area contributed by atoms with E-state index in [1.165, 1.54) is 0 Å². The van der Waals surface area contributed by atoms with Crippen molar-refractivity contribution in [2.45, 2.75) is 44.1 Å². The Hall–Kier alpha value is -3.50. The second-order valence-electron chi connectivity index (χ2n) is 8.84. The lowest BCUT2D eigenvalue weighted by molar-refractivity contribution is -0.697. The zero-order chi connectivity index (χ0) is 24.9. The molecule has 0 amide bonds. The number of anilines is 1. The quantitative estimate of drug-likeness (QED) is 0.198. The summed E-state index contributed by atoms with van der Waals surface area (Å²) in [5.41, 5.74) is 2.49. The number of nitrogens with zero attached hydrogens (tertiary/aromatic N) is 3. The molecule has 4 aromatic rings. The lowest BCUT2D eigenvalue weighted by Crippen LogP contribution is -2.33. The maximum absolute atomic E-state index is 10.6. The molecule has 3 heterocycles. The van der Waals surface area contributed by atoms with Gasteiger partial charge >= 0.3 is 0 Å². The fourth-order valence-corrected chi connectivity index (χ4v) is 4.47. The van der Waals surface area contributed by atoms with Crippen molar-refractivity contribution in [2.24, 2.45) is 0 Å². The Kier molecular flexibility index (Phi) is 7.43. The minimum atomic E-state index is -1.20. The first-order valence-electron chi connectivity index (χ1n) is 12.1. The Morgan fingerprint density at radius 2 is 1.83 bits per heavy atom. The van der Waals surface area contributed by atoms with Gasteiger partial charge in [-0.25, -0.2) is 9.55 Å². The number of aryl methyl sites for hydroxylation is 1. The van der Waals surface area contributed by atoms with Crippen LogP contribution in [-0.2, 0) is 17.8 Å². The monoisotopic (exact) mass is 491 g/mol. The first kappa shape index (κ1) is 24.2. The summed E-state index contributed by atoms with van der Waals surface area (Å²) in [6, 6.07) is 21.4. The summed E-state index contributed by atoms with van der Waals surface area (Å²) >= 11 is 0. The largest absolute Gasteiger partial charge is 0.493 e. The van der Waals surface area contributed by atoms with Crippen molar-refractivity contribution in [2.75, 3.05) is 18.5 Å². The number of pyridine rings is 1. The number of ether oxygens (including phenoxy) is 2. The van der Waals surface area contributed by atoms with Crippen molar-refractivity contribution in [3.8, 4) is 5.75 Å². The smallest absolute Gasteiger partial charge is 0.206 e. The Bertz CT molecular complexity index is 1280. The fraction of sp³-hybridized carbons (Fsp3) is 0.333. The van der Waals surface area contributed by atoms with Crippen LogP contribution in [0, 0.1) is 0 Å². The SMILES string of the molecule is OC[C@H]1O[C@@H](n2c(NCc3cccc(OCCC[n+]4ccccc4)c3)nc3ccccc32)[C@H](O)[C@@H]1O. The van der Waals surface area contributed by atoms with E-state index in [1.54, 1.807) is 4.57 Å². The molecule has 0 aliphatic carbocycles. The van der Waals surface area contributed by atoms with Crippen LogP contribution in [0.15, 0.2) is 79.1 Å². The summed E-state index contributed by atoms with van der Waals surface area (Å²) in [6.07, 6.45) is 0.831. The van der Waals surface area contributed by atoms with E-state index in [2.05, 4.69) is 14.9 Å². The third kappa shape index (κ3) is 5.19. The number of hydrogen-bond acceptors (Lipinski definition) is 7. The molecule has 9 nitrogen and oxygen atoms in total. The highest BCUT2D eigenvalue weighted by Crippen LogP contribution is 2.35. The van der Waals surface area contributed by atoms with Crippen molar-refractivity contribution in [3.63, 3.8) is 0 Å². The van der Waals surface area contributed by atoms with Gasteiger partial charge in [0.25, 0.3) is 0 Å². The van der Waals surface area contributed by atoms with Gasteiger partial charge in [-0.15, -0.1) is 0 Å². The van der Waals surface area contributed by atoms with Crippen LogP contribution in [-0.4, -0.2) is 56.4 Å². The third-order valence-corrected chi connectivity index (χ3v) is 6.32. The maximum Gasteiger partial charge on any atom is 0.206 e. The molecule has 1 saturated heterocycles. The Morgan fingerprint density at radius 3 is 2.64 bits per heavy atom. The third-order valence-electron chi connectivity index (χ3n) is 6.32. The van der Waals surface area contributed by atoms with Crippen LogP contribution in [0.2, 0.25) is 0 Å². The standard InChI is InChI=1S/C27H31N4O5/c32-18-23-24(33)25(34)26(36-23)31-22-11-3-2-10-21(22)29-27(31)28-17-19-8-6-9-20(16-19)35-15-7-14-30-12-4-1-5-13-30/h1-6,8-13,16,23-26,32-34H,7,14-15,17-18H2,(H,28,29)/q+1/t23-,24-,25-,26-/m1/s1. The molecule has 0 saturated carbocycles. The highest BCUT2D eigenvalue weighted by Gasteiger charge is 2.44. The van der Waals surface area contributed by atoms with Crippen molar-refractivity contribution in [1.29, 1.82) is 0 Å². The van der Waals surface area contributed by atoms with Crippen LogP contribution < -0.4 is 14.6 Å². The van der Waals surface area contributed by atoms with E-state index in [-0.39, 0.29) is 6.61 Å². The molecule has 0 spiro atoms. The van der Waals surface area contributed by atoms with Gasteiger partial charge in [-0.1, -0.05) is 30.3 Å². The summed E-state index contributed by atoms with van der Waals surface area (Å²) in [5, 5.41) is 33.8. The maximum atomic E-state index is 10.6. The van der Waals surface area contributed by atoms with E-state index in [4.69, 9.17) is 9.47 Å². The van der Waals surface area contributed by atoms with E-state index >= 15 is 0 Å². The molecule has 0 radical (unpaired) electrons. The molecule has 1 fully saturated rings. The summed E-state index contributed by atoms with van der Waals surface area (Å²) in [6.45, 7) is 1.58. The highest BCUT2D eigenvalue weighted by atomic mass is 16.6. The first-order valence-corrected chi connectivity index (χ1v) is 12.1. The molecule has 0 unspecified atom stereocenters. The second kappa shape index (κ2) is 11.0. The van der Waals surface area contributed by atoms with E-state index < -0.39 is 24.5 Å². The number of benzene rings is 2. The molecule has 2 aromatic heterocycles. The molecular formula is C27H31N4O5+. The molecular weight excluding hydrogens is 460 g/mol. The number of nitrogens with one attached hydrogen (secondary N) is 1. The normalized spacial score (nSPS) is 21.6. The predicted octanol–water partition coefficient (Wildman–Crippen LogP) is 2.02. The number of rotatable bonds is 10. The van der Waals surface area contributed by atoms with Crippen LogP contribution >= 0.6 is 0 Å². The molecule has 4 atom stereocenters. The molecule has 0 bridgehead atoms. The van der Waals surface area contributed by atoms with Gasteiger partial charge in [0, 0.05) is 25.1 Å². The lowest BCUT2D eigenvalue weighted by Gasteiger charge is -2.20. The van der Waals surface area contributed by atoms with Gasteiger partial charge in [-0.2, -0.15) is 0 Å². The van der Waals surface area contributed by atoms with Crippen LogP contribution in [0.5, 0.6) is 5.75 Å². The minimum Gasteiger partial charge on any atom is -0.493 e. The number of aromatic nitrogens is 3. The molecule has 1 aliphatic heterocycles. The average Bonchev–Trinajstić information content (AvgIpc) is 3.42. The van der Waals surface area contributed by atoms with Crippen LogP contribution in [0.25, 0.3) is 11.0 Å². The van der Waals surface area contributed by atoms with Gasteiger partial charge < -0.3 is 30.1 Å². The second-order valence-corrected chi connectivity index (χ2v) is 8.84. The Labute approximate surface area is 209 Å². The van der Waals surface area contributed by atoms with Gasteiger partial charge in [-0.3, -0.25) is 4.57 Å². The minimum absolute atomic E-state index is 0.388. The zero-order valence-electron chi connectivity index (χ0n) is 19.9. The van der Waals surface area contributed by atoms with Crippen molar-refractivity contribution in [3.05, 3.63) is 84.7 Å². The number of imidazole rings is 1. The molecule has 2 aromatic carbocycles. The number of aliphatic hydroxyl groups excluding tert-OH is 3. The molecule has 188 valence electrons. The Morgan fingerprint density at radius 1 is 1.00 bits per heavy atom. The zero-order valence-corrected chi connectivity index (χ0v) is 19.9. The van der Waals surface area contributed by atoms with E-state index in [0.717, 1.165) is 35.3 Å². The molecule has 36 heavy (non-hydrogen) atoms. The Balaban J connectivity index is 1.26. The summed E-state index contributed by atoms with van der Waals surface area (Å²) in [5.74, 6) is 1.29. The van der Waals surface area contributed by atoms with E-state index in [0.29, 0.717) is 19.1 Å². The van der Waals surface area contributed by atoms with E-state index in [1.807, 2.05) is 79.1 Å². The number of hydrogen-bond donors (Lipinski definition) is 4. The fourth-order valence-electron chi connectivity index (χ4n) is 4.47. The molecule has 5 rings (SSSR count). The summed E-state index contributed by atoms with van der Waals surface area (Å²) in [4.78, 5) is 4.68. The first-order chi connectivity index (χ1) is 17.6. The average molecular weight is 492 g/mol. The van der Waals surface area contributed by atoms with Gasteiger partial charge in [0.05, 0.1) is 24.2 Å². The number of fused-ring (bicyclic) bond motifs is 1. The molecule has 1 aliphatic rings. The number of aliphatic hydroxyl groups is 3. The van der Waals surface area contributed by atoms with Crippen LogP contribution in [0.4, 0.5) is 5.95 Å². The van der Waals surface area contributed by atoms with Crippen LogP contribution in [0.1, 0.15) is 18.2 Å².